The zero-order chi connectivity index (χ0) is 19.4. The Kier molecular flexibility index (Phi) is 6.19. The molecule has 0 saturated carbocycles. The maximum absolute atomic E-state index is 13.4. The molecule has 1 aliphatic rings. The Balaban J connectivity index is 2.04. The van der Waals surface area contributed by atoms with Gasteiger partial charge in [-0.05, 0) is 61.6 Å². The van der Waals surface area contributed by atoms with Crippen molar-refractivity contribution in [2.24, 2.45) is 0 Å². The highest BCUT2D eigenvalue weighted by Crippen LogP contribution is 2.26. The van der Waals surface area contributed by atoms with E-state index < -0.39 is 16.1 Å². The summed E-state index contributed by atoms with van der Waals surface area (Å²) in [5, 5.41) is 3.31. The second kappa shape index (κ2) is 8.42. The number of carbonyl (C=O) groups is 1. The number of nitrogens with one attached hydrogen (secondary N) is 1. The number of amides is 1. The van der Waals surface area contributed by atoms with Gasteiger partial charge in [-0.25, -0.2) is 8.42 Å². The molecule has 0 bridgehead atoms. The molecule has 1 N–H and O–H groups in total. The van der Waals surface area contributed by atoms with E-state index in [2.05, 4.69) is 5.32 Å². The molecule has 1 fully saturated rings. The van der Waals surface area contributed by atoms with E-state index in [9.17, 15) is 13.2 Å². The van der Waals surface area contributed by atoms with Gasteiger partial charge in [-0.2, -0.15) is 4.31 Å². The van der Waals surface area contributed by atoms with Crippen LogP contribution in [0.3, 0.4) is 0 Å². The number of hydrogen-bond acceptors (Lipinski definition) is 3. The third-order valence-corrected chi connectivity index (χ3v) is 6.98. The minimum Gasteiger partial charge on any atom is -0.355 e. The zero-order valence-corrected chi connectivity index (χ0v) is 16.8. The van der Waals surface area contributed by atoms with Crippen LogP contribution in [0.15, 0.2) is 53.4 Å². The molecule has 1 heterocycles. The third kappa shape index (κ3) is 4.51. The molecule has 0 spiro atoms. The smallest absolute Gasteiger partial charge is 0.244 e. The van der Waals surface area contributed by atoms with Gasteiger partial charge in [0, 0.05) is 18.1 Å². The Hall–Kier alpha value is -1.89. The molecule has 1 amide bonds. The molecule has 144 valence electrons. The minimum absolute atomic E-state index is 0.137. The van der Waals surface area contributed by atoms with E-state index in [4.69, 9.17) is 11.6 Å². The van der Waals surface area contributed by atoms with Crippen molar-refractivity contribution in [3.05, 3.63) is 64.7 Å². The molecule has 0 aliphatic carbocycles. The first kappa shape index (κ1) is 19.9. The van der Waals surface area contributed by atoms with E-state index in [1.54, 1.807) is 12.1 Å². The third-order valence-electron chi connectivity index (χ3n) is 4.86. The van der Waals surface area contributed by atoms with Crippen molar-refractivity contribution in [2.75, 3.05) is 6.54 Å². The molecular weight excluding hydrogens is 384 g/mol. The number of benzene rings is 2. The highest BCUT2D eigenvalue weighted by Gasteiger charge is 2.36. The van der Waals surface area contributed by atoms with Gasteiger partial charge in [-0.15, -0.1) is 0 Å². The summed E-state index contributed by atoms with van der Waals surface area (Å²) in [5.41, 5.74) is 1.87. The van der Waals surface area contributed by atoms with E-state index in [1.807, 2.05) is 31.2 Å². The van der Waals surface area contributed by atoms with Crippen molar-refractivity contribution in [1.82, 2.24) is 9.62 Å². The lowest BCUT2D eigenvalue weighted by molar-refractivity contribution is -0.124. The predicted molar refractivity (Wildman–Crippen MR) is 106 cm³/mol. The molecular formula is C20H23ClN2O3S. The second-order valence-electron chi connectivity index (χ2n) is 6.73. The lowest BCUT2D eigenvalue weighted by atomic mass is 10.1. The summed E-state index contributed by atoms with van der Waals surface area (Å²) in [7, 11) is -3.87. The van der Waals surface area contributed by atoms with Crippen LogP contribution in [0.1, 0.15) is 30.4 Å². The summed E-state index contributed by atoms with van der Waals surface area (Å²) in [6, 6.07) is 13.0. The molecule has 1 aliphatic heterocycles. The fourth-order valence-corrected chi connectivity index (χ4v) is 4.98. The zero-order valence-electron chi connectivity index (χ0n) is 15.2. The SMILES string of the molecule is Cc1ccccc1CN([C@@H]1CCCCNC1=O)S(=O)(=O)c1ccc(Cl)cc1. The number of nitrogens with zero attached hydrogens (tertiary/aromatic N) is 1. The van der Waals surface area contributed by atoms with E-state index in [1.165, 1.54) is 16.4 Å². The molecule has 3 rings (SSSR count). The average molecular weight is 407 g/mol. The van der Waals surface area contributed by atoms with Crippen molar-refractivity contribution < 1.29 is 13.2 Å². The Labute approximate surface area is 165 Å². The van der Waals surface area contributed by atoms with Crippen LogP contribution in [0.5, 0.6) is 0 Å². The van der Waals surface area contributed by atoms with Crippen molar-refractivity contribution >= 4 is 27.5 Å². The summed E-state index contributed by atoms with van der Waals surface area (Å²) in [6.07, 6.45) is 2.15. The van der Waals surface area contributed by atoms with Gasteiger partial charge in [0.1, 0.15) is 6.04 Å². The number of aryl methyl sites for hydroxylation is 1. The van der Waals surface area contributed by atoms with E-state index in [0.29, 0.717) is 18.0 Å². The van der Waals surface area contributed by atoms with Gasteiger partial charge in [0.15, 0.2) is 0 Å². The molecule has 0 radical (unpaired) electrons. The lowest BCUT2D eigenvalue weighted by Crippen LogP contribution is -2.48. The van der Waals surface area contributed by atoms with Gasteiger partial charge in [0.25, 0.3) is 0 Å². The summed E-state index contributed by atoms with van der Waals surface area (Å²) in [5.74, 6) is -0.237. The van der Waals surface area contributed by atoms with Crippen LogP contribution in [-0.2, 0) is 21.4 Å². The Bertz CT molecular complexity index is 913. The van der Waals surface area contributed by atoms with Crippen LogP contribution in [0, 0.1) is 6.92 Å². The number of sulfonamides is 1. The van der Waals surface area contributed by atoms with E-state index in [-0.39, 0.29) is 17.3 Å². The van der Waals surface area contributed by atoms with Gasteiger partial charge in [-0.3, -0.25) is 4.79 Å². The highest BCUT2D eigenvalue weighted by molar-refractivity contribution is 7.89. The molecule has 0 aromatic heterocycles. The monoisotopic (exact) mass is 406 g/mol. The molecule has 7 heteroatoms. The number of carbonyl (C=O) groups excluding carboxylic acids is 1. The first-order valence-electron chi connectivity index (χ1n) is 8.99. The van der Waals surface area contributed by atoms with Gasteiger partial charge >= 0.3 is 0 Å². The first-order valence-corrected chi connectivity index (χ1v) is 10.8. The fourth-order valence-electron chi connectivity index (χ4n) is 3.26. The summed E-state index contributed by atoms with van der Waals surface area (Å²) >= 11 is 5.91. The fraction of sp³-hybridized carbons (Fsp3) is 0.350. The summed E-state index contributed by atoms with van der Waals surface area (Å²) in [6.45, 7) is 2.67. The molecule has 27 heavy (non-hydrogen) atoms. The van der Waals surface area contributed by atoms with Crippen LogP contribution in [-0.4, -0.2) is 31.2 Å². The number of rotatable bonds is 5. The number of halogens is 1. The van der Waals surface area contributed by atoms with Crippen LogP contribution in [0.25, 0.3) is 0 Å². The normalized spacial score (nSPS) is 18.2. The number of hydrogen-bond donors (Lipinski definition) is 1. The molecule has 5 nitrogen and oxygen atoms in total. The standard InChI is InChI=1S/C20H23ClN2O3S/c1-15-6-2-3-7-16(15)14-23(19-8-4-5-13-22-20(19)24)27(25,26)18-11-9-17(21)10-12-18/h2-3,6-7,9-12,19H,4-5,8,13-14H2,1H3,(H,22,24)/t19-/m1/s1. The Morgan fingerprint density at radius 3 is 2.52 bits per heavy atom. The van der Waals surface area contributed by atoms with Crippen molar-refractivity contribution in [3.63, 3.8) is 0 Å². The molecule has 1 saturated heterocycles. The van der Waals surface area contributed by atoms with E-state index in [0.717, 1.165) is 24.0 Å². The predicted octanol–water partition coefficient (Wildman–Crippen LogP) is 3.51. The minimum atomic E-state index is -3.87. The average Bonchev–Trinajstić information content (AvgIpc) is 2.85. The Morgan fingerprint density at radius 2 is 1.81 bits per heavy atom. The summed E-state index contributed by atoms with van der Waals surface area (Å²) in [4.78, 5) is 12.8. The van der Waals surface area contributed by atoms with Crippen molar-refractivity contribution in [2.45, 2.75) is 43.7 Å². The highest BCUT2D eigenvalue weighted by atomic mass is 35.5. The van der Waals surface area contributed by atoms with Crippen LogP contribution in [0.4, 0.5) is 0 Å². The van der Waals surface area contributed by atoms with Crippen LogP contribution >= 0.6 is 11.6 Å². The summed E-state index contributed by atoms with van der Waals surface area (Å²) < 4.78 is 28.2. The van der Waals surface area contributed by atoms with Crippen molar-refractivity contribution in [1.29, 1.82) is 0 Å². The molecule has 1 atom stereocenters. The quantitative estimate of drug-likeness (QED) is 0.826. The molecule has 2 aromatic rings. The molecule has 0 unspecified atom stereocenters. The lowest BCUT2D eigenvalue weighted by Gasteiger charge is -2.29. The van der Waals surface area contributed by atoms with Gasteiger partial charge in [-0.1, -0.05) is 35.9 Å². The maximum Gasteiger partial charge on any atom is 0.244 e. The van der Waals surface area contributed by atoms with Crippen molar-refractivity contribution in [3.8, 4) is 0 Å². The van der Waals surface area contributed by atoms with Crippen LogP contribution in [0.2, 0.25) is 5.02 Å². The second-order valence-corrected chi connectivity index (χ2v) is 9.06. The van der Waals surface area contributed by atoms with E-state index >= 15 is 0 Å². The van der Waals surface area contributed by atoms with Gasteiger partial charge in [0.05, 0.1) is 4.90 Å². The first-order chi connectivity index (χ1) is 12.9. The Morgan fingerprint density at radius 1 is 1.11 bits per heavy atom. The van der Waals surface area contributed by atoms with Gasteiger partial charge < -0.3 is 5.32 Å². The molecule has 2 aromatic carbocycles. The largest absolute Gasteiger partial charge is 0.355 e. The topological polar surface area (TPSA) is 66.5 Å². The maximum atomic E-state index is 13.4. The van der Waals surface area contributed by atoms with Crippen LogP contribution < -0.4 is 5.32 Å². The van der Waals surface area contributed by atoms with Gasteiger partial charge in [0.2, 0.25) is 15.9 Å².